The monoisotopic (exact) mass is 313 g/mol. The highest BCUT2D eigenvalue weighted by atomic mass is 35.5. The molecule has 0 aliphatic carbocycles. The summed E-state index contributed by atoms with van der Waals surface area (Å²) in [6.07, 6.45) is 0.128. The van der Waals surface area contributed by atoms with Gasteiger partial charge in [-0.05, 0) is 24.3 Å². The molecule has 0 atom stereocenters. The van der Waals surface area contributed by atoms with Crippen molar-refractivity contribution in [3.63, 3.8) is 0 Å². The van der Waals surface area contributed by atoms with Crippen molar-refractivity contribution in [2.75, 3.05) is 37.0 Å². The van der Waals surface area contributed by atoms with Crippen molar-refractivity contribution < 1.29 is 14.0 Å². The van der Waals surface area contributed by atoms with Crippen LogP contribution < -0.4 is 10.2 Å². The molecule has 7 heteroatoms. The normalized spacial score (nSPS) is 15.0. The maximum atomic E-state index is 12.9. The number of carbonyl (C=O) groups is 2. The lowest BCUT2D eigenvalue weighted by Crippen LogP contribution is -2.52. The van der Waals surface area contributed by atoms with E-state index in [1.54, 1.807) is 17.0 Å². The Hall–Kier alpha value is -1.82. The number of alkyl halides is 1. The predicted molar refractivity (Wildman–Crippen MR) is 79.1 cm³/mol. The molecule has 1 saturated heterocycles. The van der Waals surface area contributed by atoms with E-state index in [0.717, 1.165) is 5.69 Å². The zero-order valence-corrected chi connectivity index (χ0v) is 12.3. The Morgan fingerprint density at radius 2 is 1.76 bits per heavy atom. The molecular formula is C14H17ClFN3O2. The smallest absolute Gasteiger partial charge is 0.324 e. The lowest BCUT2D eigenvalue weighted by molar-refractivity contribution is -0.119. The molecule has 21 heavy (non-hydrogen) atoms. The average molecular weight is 314 g/mol. The van der Waals surface area contributed by atoms with Crippen LogP contribution in [0.15, 0.2) is 24.3 Å². The molecule has 5 nitrogen and oxygen atoms in total. The quantitative estimate of drug-likeness (QED) is 0.866. The van der Waals surface area contributed by atoms with Crippen LogP contribution in [-0.4, -0.2) is 48.9 Å². The van der Waals surface area contributed by atoms with E-state index in [1.807, 2.05) is 0 Å². The van der Waals surface area contributed by atoms with Gasteiger partial charge in [0.2, 0.25) is 5.91 Å². The van der Waals surface area contributed by atoms with Crippen molar-refractivity contribution in [1.82, 2.24) is 10.2 Å². The second-order valence-electron chi connectivity index (χ2n) is 4.74. The van der Waals surface area contributed by atoms with Crippen LogP contribution in [0.1, 0.15) is 6.42 Å². The van der Waals surface area contributed by atoms with Crippen molar-refractivity contribution in [1.29, 1.82) is 0 Å². The first-order valence-corrected chi connectivity index (χ1v) is 7.29. The first kappa shape index (κ1) is 15.6. The van der Waals surface area contributed by atoms with Crippen molar-refractivity contribution in [3.05, 3.63) is 30.1 Å². The first-order valence-electron chi connectivity index (χ1n) is 6.75. The fraction of sp³-hybridized carbons (Fsp3) is 0.429. The highest BCUT2D eigenvalue weighted by Gasteiger charge is 2.22. The molecule has 0 unspecified atom stereocenters. The lowest BCUT2D eigenvalue weighted by atomic mass is 10.2. The molecule has 114 valence electrons. The summed E-state index contributed by atoms with van der Waals surface area (Å²) >= 11 is 5.44. The maximum absolute atomic E-state index is 12.9. The van der Waals surface area contributed by atoms with Gasteiger partial charge in [-0.25, -0.2) is 9.18 Å². The van der Waals surface area contributed by atoms with E-state index in [1.165, 1.54) is 12.1 Å². The third kappa shape index (κ3) is 4.32. The van der Waals surface area contributed by atoms with Gasteiger partial charge in [-0.15, -0.1) is 11.6 Å². The van der Waals surface area contributed by atoms with Gasteiger partial charge in [0.05, 0.1) is 0 Å². The largest absolute Gasteiger partial charge is 0.368 e. The Kier molecular flexibility index (Phi) is 5.38. The molecule has 1 aliphatic rings. The number of amides is 3. The fourth-order valence-corrected chi connectivity index (χ4v) is 2.34. The van der Waals surface area contributed by atoms with E-state index >= 15 is 0 Å². The molecule has 1 N–H and O–H groups in total. The molecule has 1 aromatic rings. The second kappa shape index (κ2) is 7.26. The molecule has 1 aliphatic heterocycles. The highest BCUT2D eigenvalue weighted by Crippen LogP contribution is 2.16. The topological polar surface area (TPSA) is 52.7 Å². The molecule has 3 amide bonds. The van der Waals surface area contributed by atoms with E-state index < -0.39 is 0 Å². The van der Waals surface area contributed by atoms with Gasteiger partial charge in [0.15, 0.2) is 0 Å². The number of urea groups is 1. The van der Waals surface area contributed by atoms with Crippen LogP contribution in [0, 0.1) is 5.82 Å². The predicted octanol–water partition coefficient (Wildman–Crippen LogP) is 1.81. The number of piperazine rings is 1. The zero-order valence-electron chi connectivity index (χ0n) is 11.5. The van der Waals surface area contributed by atoms with E-state index in [9.17, 15) is 14.0 Å². The van der Waals surface area contributed by atoms with Crippen molar-refractivity contribution >= 4 is 29.2 Å². The Labute approximate surface area is 127 Å². The highest BCUT2D eigenvalue weighted by molar-refractivity contribution is 6.19. The average Bonchev–Trinajstić information content (AvgIpc) is 2.48. The van der Waals surface area contributed by atoms with Crippen molar-refractivity contribution in [2.45, 2.75) is 6.42 Å². The molecule has 1 aromatic carbocycles. The molecule has 1 fully saturated rings. The number of halogens is 2. The first-order chi connectivity index (χ1) is 10.1. The number of anilines is 1. The third-order valence-electron chi connectivity index (χ3n) is 3.33. The van der Waals surface area contributed by atoms with Crippen LogP contribution in [0.3, 0.4) is 0 Å². The van der Waals surface area contributed by atoms with E-state index in [4.69, 9.17) is 11.6 Å². The molecule has 0 bridgehead atoms. The number of benzene rings is 1. The molecule has 0 aromatic heterocycles. The van der Waals surface area contributed by atoms with Crippen LogP contribution >= 0.6 is 11.6 Å². The Balaban J connectivity index is 1.84. The van der Waals surface area contributed by atoms with Gasteiger partial charge in [-0.3, -0.25) is 10.1 Å². The minimum absolute atomic E-state index is 0.128. The second-order valence-corrected chi connectivity index (χ2v) is 5.12. The van der Waals surface area contributed by atoms with E-state index in [2.05, 4.69) is 10.2 Å². The summed E-state index contributed by atoms with van der Waals surface area (Å²) in [5.74, 6) is -0.442. The zero-order chi connectivity index (χ0) is 15.2. The van der Waals surface area contributed by atoms with E-state index in [-0.39, 0.29) is 30.1 Å². The molecule has 2 rings (SSSR count). The summed E-state index contributed by atoms with van der Waals surface area (Å²) in [5.41, 5.74) is 0.926. The standard InChI is InChI=1S/C14H17ClFN3O2/c15-6-5-13(20)17-14(21)19-9-7-18(8-10-19)12-3-1-11(16)2-4-12/h1-4H,5-10H2,(H,17,20,21). The van der Waals surface area contributed by atoms with Crippen molar-refractivity contribution in [3.8, 4) is 0 Å². The van der Waals surface area contributed by atoms with Crippen LogP contribution in [0.4, 0.5) is 14.9 Å². The number of nitrogens with one attached hydrogen (secondary N) is 1. The SMILES string of the molecule is O=C(CCCl)NC(=O)N1CCN(c2ccc(F)cc2)CC1. The van der Waals surface area contributed by atoms with Crippen LogP contribution in [0.25, 0.3) is 0 Å². The van der Waals surface area contributed by atoms with Gasteiger partial charge in [-0.1, -0.05) is 0 Å². The summed E-state index contributed by atoms with van der Waals surface area (Å²) in [4.78, 5) is 26.8. The molecule has 0 spiro atoms. The molecule has 0 radical (unpaired) electrons. The minimum atomic E-state index is -0.385. The number of nitrogens with zero attached hydrogens (tertiary/aromatic N) is 2. The number of imide groups is 1. The Morgan fingerprint density at radius 3 is 2.33 bits per heavy atom. The number of carbonyl (C=O) groups excluding carboxylic acids is 2. The van der Waals surface area contributed by atoms with Gasteiger partial charge in [0.1, 0.15) is 5.82 Å². The molecular weight excluding hydrogens is 297 g/mol. The summed E-state index contributed by atoms with van der Waals surface area (Å²) in [6.45, 7) is 2.31. The number of hydrogen-bond donors (Lipinski definition) is 1. The van der Waals surface area contributed by atoms with Crippen molar-refractivity contribution in [2.24, 2.45) is 0 Å². The summed E-state index contributed by atoms with van der Waals surface area (Å²) in [5, 5.41) is 2.31. The maximum Gasteiger partial charge on any atom is 0.324 e. The lowest BCUT2D eigenvalue weighted by Gasteiger charge is -2.35. The Bertz CT molecular complexity index is 501. The van der Waals surface area contributed by atoms with Crippen LogP contribution in [0.2, 0.25) is 0 Å². The summed E-state index contributed by atoms with van der Waals surface area (Å²) in [6, 6.07) is 5.88. The molecule has 0 saturated carbocycles. The number of rotatable bonds is 3. The Morgan fingerprint density at radius 1 is 1.14 bits per heavy atom. The van der Waals surface area contributed by atoms with Gasteiger partial charge in [0.25, 0.3) is 0 Å². The number of hydrogen-bond acceptors (Lipinski definition) is 3. The minimum Gasteiger partial charge on any atom is -0.368 e. The van der Waals surface area contributed by atoms with Crippen LogP contribution in [-0.2, 0) is 4.79 Å². The fourth-order valence-electron chi connectivity index (χ4n) is 2.17. The van der Waals surface area contributed by atoms with E-state index in [0.29, 0.717) is 26.2 Å². The third-order valence-corrected chi connectivity index (χ3v) is 3.52. The van der Waals surface area contributed by atoms with Gasteiger partial charge >= 0.3 is 6.03 Å². The summed E-state index contributed by atoms with van der Waals surface area (Å²) in [7, 11) is 0. The molecule has 1 heterocycles. The van der Waals surface area contributed by atoms with Gasteiger partial charge in [-0.2, -0.15) is 0 Å². The summed E-state index contributed by atoms with van der Waals surface area (Å²) < 4.78 is 12.9. The van der Waals surface area contributed by atoms with Gasteiger partial charge < -0.3 is 9.80 Å². The van der Waals surface area contributed by atoms with Crippen LogP contribution in [0.5, 0.6) is 0 Å². The van der Waals surface area contributed by atoms with Gasteiger partial charge in [0, 0.05) is 44.2 Å².